The highest BCUT2D eigenvalue weighted by Gasteiger charge is 2.84. The Morgan fingerprint density at radius 1 is 1.02 bits per heavy atom. The molecule has 1 aromatic heterocycles. The first-order valence-electron chi connectivity index (χ1n) is 21.9. The number of aromatic nitrogens is 3. The lowest BCUT2D eigenvalue weighted by atomic mass is 9.45. The van der Waals surface area contributed by atoms with Gasteiger partial charge in [0.05, 0.1) is 30.9 Å². The minimum atomic E-state index is -1.72. The molecule has 63 heavy (non-hydrogen) atoms. The van der Waals surface area contributed by atoms with Gasteiger partial charge in [-0.1, -0.05) is 29.4 Å². The van der Waals surface area contributed by atoms with Crippen molar-refractivity contribution < 1.29 is 58.4 Å². The van der Waals surface area contributed by atoms with E-state index in [1.807, 2.05) is 46.8 Å². The summed E-state index contributed by atoms with van der Waals surface area (Å²) >= 11 is 0. The smallest absolute Gasteiger partial charge is 0.333 e. The SMILES string of the molecule is COC(=O)/C(C)=C\CC12OC(C)(C)C3CC(C1=O)C(n1cnc(N)n1)C1Cc4c(O[C@H]5O[C@@H](CO)[C@H](O)[C@@H](O)[C@@H]5O)c5c(c(CC=C(C)C)c4OC132)OC(C)(CCC=C(C)C)C=C5. The van der Waals surface area contributed by atoms with E-state index in [1.54, 1.807) is 17.7 Å². The van der Waals surface area contributed by atoms with Crippen LogP contribution < -0.4 is 19.9 Å². The van der Waals surface area contributed by atoms with Crippen LogP contribution in [0.2, 0.25) is 0 Å². The number of hydrogen-bond acceptors (Lipinski definition) is 15. The Labute approximate surface area is 367 Å². The first-order valence-corrected chi connectivity index (χ1v) is 21.9. The molecule has 16 heteroatoms. The number of rotatable bonds is 12. The van der Waals surface area contributed by atoms with Crippen LogP contribution in [0.15, 0.2) is 47.4 Å². The molecule has 3 aliphatic carbocycles. The molecule has 5 heterocycles. The maximum atomic E-state index is 15.5. The number of nitrogen functional groups attached to an aromatic ring is 1. The number of hydrogen-bond donors (Lipinski definition) is 5. The maximum Gasteiger partial charge on any atom is 0.333 e. The number of anilines is 1. The van der Waals surface area contributed by atoms with E-state index in [-0.39, 0.29) is 36.2 Å². The Morgan fingerprint density at radius 3 is 2.40 bits per heavy atom. The second kappa shape index (κ2) is 16.1. The van der Waals surface area contributed by atoms with E-state index in [0.29, 0.717) is 53.0 Å². The number of nitrogens with two attached hydrogens (primary N) is 1. The summed E-state index contributed by atoms with van der Waals surface area (Å²) in [6.07, 6.45) is 6.02. The van der Waals surface area contributed by atoms with Crippen LogP contribution in [0.5, 0.6) is 17.2 Å². The van der Waals surface area contributed by atoms with Crippen molar-refractivity contribution in [1.29, 1.82) is 0 Å². The summed E-state index contributed by atoms with van der Waals surface area (Å²) in [6.45, 7) is 15.1. The number of carbonyl (C=O) groups is 2. The second-order valence-electron chi connectivity index (χ2n) is 19.4. The number of fused-ring (bicyclic) bond motifs is 2. The molecular weight excluding hydrogens is 813 g/mol. The molecule has 5 fully saturated rings. The van der Waals surface area contributed by atoms with Crippen LogP contribution in [0.4, 0.5) is 5.95 Å². The van der Waals surface area contributed by atoms with Gasteiger partial charge in [0.2, 0.25) is 12.2 Å². The molecule has 4 aliphatic heterocycles. The molecule has 342 valence electrons. The zero-order valence-corrected chi connectivity index (χ0v) is 37.6. The highest BCUT2D eigenvalue weighted by Crippen LogP contribution is 2.72. The van der Waals surface area contributed by atoms with E-state index in [1.165, 1.54) is 19.0 Å². The molecule has 2 saturated heterocycles. The Balaban J connectivity index is 1.40. The molecule has 3 saturated carbocycles. The molecule has 4 bridgehead atoms. The summed E-state index contributed by atoms with van der Waals surface area (Å²) in [5.74, 6) is -1.04. The van der Waals surface area contributed by atoms with Crippen molar-refractivity contribution in [3.05, 3.63) is 64.0 Å². The van der Waals surface area contributed by atoms with E-state index < -0.39 is 83.6 Å². The molecule has 16 nitrogen and oxygen atoms in total. The van der Waals surface area contributed by atoms with Crippen molar-refractivity contribution in [3.8, 4) is 17.2 Å². The van der Waals surface area contributed by atoms with Crippen molar-refractivity contribution >= 4 is 23.8 Å². The Hall–Kier alpha value is -4.58. The third-order valence-electron chi connectivity index (χ3n) is 14.3. The predicted octanol–water partition coefficient (Wildman–Crippen LogP) is 4.27. The minimum Gasteiger partial charge on any atom is -0.482 e. The molecule has 1 aromatic carbocycles. The summed E-state index contributed by atoms with van der Waals surface area (Å²) in [5.41, 5.74) is 5.94. The largest absolute Gasteiger partial charge is 0.482 e. The molecule has 9 rings (SSSR count). The van der Waals surface area contributed by atoms with Crippen LogP contribution in [0.1, 0.15) is 104 Å². The maximum absolute atomic E-state index is 15.5. The second-order valence-corrected chi connectivity index (χ2v) is 19.4. The lowest BCUT2D eigenvalue weighted by Crippen LogP contribution is -2.77. The van der Waals surface area contributed by atoms with Gasteiger partial charge >= 0.3 is 5.97 Å². The van der Waals surface area contributed by atoms with Gasteiger partial charge in [0, 0.05) is 40.9 Å². The fourth-order valence-corrected chi connectivity index (χ4v) is 11.3. The number of carbonyl (C=O) groups excluding carboxylic acids is 2. The quantitative estimate of drug-likeness (QED) is 0.114. The molecule has 1 spiro atoms. The van der Waals surface area contributed by atoms with Crippen molar-refractivity contribution in [1.82, 2.24) is 14.8 Å². The molecule has 6 N–H and O–H groups in total. The first kappa shape index (κ1) is 45.0. The van der Waals surface area contributed by atoms with E-state index in [0.717, 1.165) is 12.0 Å². The van der Waals surface area contributed by atoms with Crippen molar-refractivity contribution in [2.75, 3.05) is 19.5 Å². The van der Waals surface area contributed by atoms with Gasteiger partial charge in [-0.2, -0.15) is 0 Å². The standard InChI is InChI=1S/C47H62N4O12/c1-23(2)11-10-16-45(8)17-15-27-37(60-42-36(55)35(54)34(53)31(21-52)59-42)29-19-30-33(51-22-49-43(48)50-51)28-20-32-44(6,7)63-46(40(28)56,18-14-25(5)41(57)58-9)47(30,32)62-39(29)26(38(27)61-45)13-12-24(3)4/h11-12,14-15,17,22,28,30-36,42,52-55H,10,13,16,18-21H2,1-9H3,(H2,48,50)/b25-14-/t28?,30?,31-,32?,33?,34-,35+,36-,42+,45?,46?,47?/m0/s1. The number of allylic oxidation sites excluding steroid dienone is 4. The van der Waals surface area contributed by atoms with Gasteiger partial charge < -0.3 is 54.6 Å². The normalized spacial score (nSPS) is 35.7. The van der Waals surface area contributed by atoms with E-state index in [9.17, 15) is 25.2 Å². The number of nitrogens with zero attached hydrogens (tertiary/aromatic N) is 3. The van der Waals surface area contributed by atoms with Gasteiger partial charge in [0.1, 0.15) is 53.6 Å². The van der Waals surface area contributed by atoms with E-state index in [4.69, 9.17) is 34.2 Å². The summed E-state index contributed by atoms with van der Waals surface area (Å²) < 4.78 is 41.5. The van der Waals surface area contributed by atoms with Crippen molar-refractivity contribution in [2.45, 2.75) is 153 Å². The number of aliphatic hydroxyl groups excluding tert-OH is 4. The fourth-order valence-electron chi connectivity index (χ4n) is 11.3. The summed E-state index contributed by atoms with van der Waals surface area (Å²) in [6, 6.07) is -0.606. The molecule has 0 radical (unpaired) electrons. The summed E-state index contributed by atoms with van der Waals surface area (Å²) in [7, 11) is 1.31. The molecule has 12 atom stereocenters. The molecule has 7 unspecified atom stereocenters. The molecular formula is C47H62N4O12. The lowest BCUT2D eigenvalue weighted by molar-refractivity contribution is -0.277. The monoisotopic (exact) mass is 874 g/mol. The summed E-state index contributed by atoms with van der Waals surface area (Å²) in [4.78, 5) is 32.6. The van der Waals surface area contributed by atoms with Gasteiger partial charge in [0.15, 0.2) is 17.0 Å². The third kappa shape index (κ3) is 7.12. The number of esters is 1. The van der Waals surface area contributed by atoms with Gasteiger partial charge in [0.25, 0.3) is 0 Å². The highest BCUT2D eigenvalue weighted by atomic mass is 16.7. The highest BCUT2D eigenvalue weighted by molar-refractivity contribution is 5.96. The van der Waals surface area contributed by atoms with Gasteiger partial charge in [-0.05, 0) is 99.6 Å². The number of Topliss-reactive ketones (excluding diaryl/α,β-unsaturated/α-hetero) is 1. The average Bonchev–Trinajstić information content (AvgIpc) is 3.72. The van der Waals surface area contributed by atoms with Crippen LogP contribution in [0.3, 0.4) is 0 Å². The Morgan fingerprint density at radius 2 is 1.75 bits per heavy atom. The van der Waals surface area contributed by atoms with Crippen molar-refractivity contribution in [3.63, 3.8) is 0 Å². The van der Waals surface area contributed by atoms with Crippen LogP contribution in [-0.4, -0.2) is 114 Å². The minimum absolute atomic E-state index is 0.0192. The van der Waals surface area contributed by atoms with Crippen LogP contribution >= 0.6 is 0 Å². The van der Waals surface area contributed by atoms with Gasteiger partial charge in [-0.25, -0.2) is 14.5 Å². The molecule has 2 aromatic rings. The Kier molecular flexibility index (Phi) is 11.5. The first-order chi connectivity index (χ1) is 29.7. The van der Waals surface area contributed by atoms with Crippen molar-refractivity contribution in [2.24, 2.45) is 17.8 Å². The van der Waals surface area contributed by atoms with Gasteiger partial charge in [-0.15, -0.1) is 5.10 Å². The number of aliphatic hydroxyl groups is 4. The summed E-state index contributed by atoms with van der Waals surface area (Å²) in [5, 5.41) is 47.7. The number of methoxy groups -OCH3 is 1. The van der Waals surface area contributed by atoms with Crippen LogP contribution in [-0.2, 0) is 36.6 Å². The zero-order valence-electron chi connectivity index (χ0n) is 37.6. The van der Waals surface area contributed by atoms with E-state index >= 15 is 4.79 Å². The topological polar surface area (TPSA) is 227 Å². The number of benzene rings is 1. The number of ketones is 1. The van der Waals surface area contributed by atoms with E-state index in [2.05, 4.69) is 36.1 Å². The molecule has 7 aliphatic rings. The Bertz CT molecular complexity index is 2290. The third-order valence-corrected chi connectivity index (χ3v) is 14.3. The van der Waals surface area contributed by atoms with Crippen LogP contribution in [0.25, 0.3) is 6.08 Å². The average molecular weight is 875 g/mol. The lowest BCUT2D eigenvalue weighted by Gasteiger charge is -2.63. The van der Waals surface area contributed by atoms with Gasteiger partial charge in [-0.3, -0.25) is 4.79 Å². The zero-order chi connectivity index (χ0) is 45.6. The fraction of sp³-hybridized carbons (Fsp3) is 0.617. The predicted molar refractivity (Wildman–Crippen MR) is 230 cm³/mol. The van der Waals surface area contributed by atoms with Crippen LogP contribution in [0, 0.1) is 17.8 Å². The molecule has 0 amide bonds. The number of ether oxygens (including phenoxy) is 6.